The highest BCUT2D eigenvalue weighted by atomic mass is 16.3. The number of benzene rings is 9. The quantitative estimate of drug-likeness (QED) is 0.175. The van der Waals surface area contributed by atoms with Crippen molar-refractivity contribution in [2.45, 2.75) is 0 Å². The van der Waals surface area contributed by atoms with Crippen LogP contribution in [0.15, 0.2) is 191 Å². The topological polar surface area (TPSA) is 26.3 Å². The number of hydrogen-bond acceptors (Lipinski definition) is 2. The third-order valence-electron chi connectivity index (χ3n) is 10.8. The summed E-state index contributed by atoms with van der Waals surface area (Å²) in [6.07, 6.45) is 3.59. The van der Waals surface area contributed by atoms with Crippen molar-refractivity contribution in [1.82, 2.24) is 0 Å². The summed E-state index contributed by atoms with van der Waals surface area (Å²) in [6.45, 7) is 0. The van der Waals surface area contributed by atoms with Gasteiger partial charge in [0.1, 0.15) is 11.2 Å². The lowest BCUT2D eigenvalue weighted by Crippen LogP contribution is -1.90. The van der Waals surface area contributed by atoms with E-state index in [-0.39, 0.29) is 0 Å². The Morgan fingerprint density at radius 1 is 0.308 bits per heavy atom. The summed E-state index contributed by atoms with van der Waals surface area (Å²) >= 11 is 0. The number of fused-ring (bicyclic) bond motifs is 7. The van der Waals surface area contributed by atoms with E-state index in [0.29, 0.717) is 0 Å². The highest BCUT2D eigenvalue weighted by Crippen LogP contribution is 2.48. The normalized spacial score (nSPS) is 11.8. The monoisotopic (exact) mass is 662 g/mol. The molecule has 0 unspecified atom stereocenters. The lowest BCUT2D eigenvalue weighted by molar-refractivity contribution is 0.568. The molecule has 0 fully saturated rings. The molecule has 0 N–H and O–H groups in total. The van der Waals surface area contributed by atoms with Gasteiger partial charge < -0.3 is 8.83 Å². The molecule has 0 spiro atoms. The van der Waals surface area contributed by atoms with E-state index in [0.717, 1.165) is 38.6 Å². The van der Waals surface area contributed by atoms with Crippen LogP contribution in [0.2, 0.25) is 0 Å². The van der Waals surface area contributed by atoms with Gasteiger partial charge in [0.15, 0.2) is 0 Å². The Balaban J connectivity index is 1.18. The Hall–Kier alpha value is -6.90. The molecule has 0 saturated heterocycles. The summed E-state index contributed by atoms with van der Waals surface area (Å²) in [5, 5.41) is 11.9. The molecule has 0 amide bonds. The highest BCUT2D eigenvalue weighted by Gasteiger charge is 2.22. The van der Waals surface area contributed by atoms with Gasteiger partial charge >= 0.3 is 0 Å². The molecular formula is C50H30O2. The Kier molecular flexibility index (Phi) is 6.28. The van der Waals surface area contributed by atoms with Gasteiger partial charge in [0.05, 0.1) is 12.5 Å². The standard InChI is InChI=1S/C50H30O2/c1-2-13-31(14-3-1)46-35-15-4-6-17-37(35)47(38-18-7-5-16-36(38)46)32-25-26-34-43-23-12-24-44(50(43)52-45(34)29-32)49-41-21-10-8-19-39(41)48(33-27-28-51-30-33)40-20-9-11-22-42(40)49/h1-30H. The fourth-order valence-electron chi connectivity index (χ4n) is 8.64. The van der Waals surface area contributed by atoms with Crippen molar-refractivity contribution >= 4 is 65.0 Å². The van der Waals surface area contributed by atoms with Gasteiger partial charge in [0.25, 0.3) is 0 Å². The molecule has 0 aliphatic rings. The van der Waals surface area contributed by atoms with E-state index in [1.165, 1.54) is 70.9 Å². The van der Waals surface area contributed by atoms with E-state index in [1.807, 2.05) is 12.3 Å². The molecule has 2 heteroatoms. The van der Waals surface area contributed by atoms with E-state index in [9.17, 15) is 0 Å². The van der Waals surface area contributed by atoms with Gasteiger partial charge in [-0.15, -0.1) is 0 Å². The Bertz CT molecular complexity index is 3050. The first-order valence-corrected chi connectivity index (χ1v) is 17.7. The van der Waals surface area contributed by atoms with Gasteiger partial charge in [-0.2, -0.15) is 0 Å². The van der Waals surface area contributed by atoms with Crippen LogP contribution in [-0.2, 0) is 0 Å². The minimum absolute atomic E-state index is 0.879. The SMILES string of the molecule is c1ccc(-c2c3ccccc3c(-c3ccc4c(c3)oc3c(-c5c6ccccc6c(-c6ccoc6)c6ccccc56)cccc34)c3ccccc23)cc1. The number of furan rings is 2. The Labute approximate surface area is 299 Å². The van der Waals surface area contributed by atoms with Crippen molar-refractivity contribution in [3.63, 3.8) is 0 Å². The minimum Gasteiger partial charge on any atom is -0.472 e. The zero-order chi connectivity index (χ0) is 34.2. The predicted molar refractivity (Wildman–Crippen MR) is 218 cm³/mol. The summed E-state index contributed by atoms with van der Waals surface area (Å²) in [6, 6.07) is 61.1. The first kappa shape index (κ1) is 28.9. The van der Waals surface area contributed by atoms with Crippen LogP contribution in [0.5, 0.6) is 0 Å². The van der Waals surface area contributed by atoms with Crippen molar-refractivity contribution in [2.75, 3.05) is 0 Å². The molecule has 0 aliphatic heterocycles. The maximum atomic E-state index is 7.00. The molecule has 2 heterocycles. The van der Waals surface area contributed by atoms with Crippen molar-refractivity contribution in [2.24, 2.45) is 0 Å². The van der Waals surface area contributed by atoms with E-state index in [2.05, 4.69) is 164 Å². The smallest absolute Gasteiger partial charge is 0.143 e. The number of rotatable bonds is 4. The molecule has 2 aromatic heterocycles. The molecule has 2 nitrogen and oxygen atoms in total. The Morgan fingerprint density at radius 2 is 0.788 bits per heavy atom. The van der Waals surface area contributed by atoms with E-state index >= 15 is 0 Å². The van der Waals surface area contributed by atoms with Crippen LogP contribution in [0.3, 0.4) is 0 Å². The maximum absolute atomic E-state index is 7.00. The molecule has 0 radical (unpaired) electrons. The molecule has 11 rings (SSSR count). The summed E-state index contributed by atoms with van der Waals surface area (Å²) in [4.78, 5) is 0. The summed E-state index contributed by atoms with van der Waals surface area (Å²) in [5.41, 5.74) is 11.2. The van der Waals surface area contributed by atoms with Crippen LogP contribution < -0.4 is 0 Å². The fourth-order valence-corrected chi connectivity index (χ4v) is 8.64. The van der Waals surface area contributed by atoms with Gasteiger partial charge in [-0.3, -0.25) is 0 Å². The average Bonchev–Trinajstić information content (AvgIpc) is 3.88. The first-order chi connectivity index (χ1) is 25.8. The van der Waals surface area contributed by atoms with Crippen LogP contribution in [0.1, 0.15) is 0 Å². The summed E-state index contributed by atoms with van der Waals surface area (Å²) < 4.78 is 12.6. The van der Waals surface area contributed by atoms with Crippen LogP contribution in [0, 0.1) is 0 Å². The van der Waals surface area contributed by atoms with Crippen LogP contribution in [-0.4, -0.2) is 0 Å². The molecule has 0 aliphatic carbocycles. The number of para-hydroxylation sites is 1. The third-order valence-corrected chi connectivity index (χ3v) is 10.8. The summed E-state index contributed by atoms with van der Waals surface area (Å²) in [7, 11) is 0. The maximum Gasteiger partial charge on any atom is 0.143 e. The predicted octanol–water partition coefficient (Wildman–Crippen LogP) is 14.5. The second kappa shape index (κ2) is 11.3. The van der Waals surface area contributed by atoms with Crippen LogP contribution >= 0.6 is 0 Å². The zero-order valence-corrected chi connectivity index (χ0v) is 28.1. The van der Waals surface area contributed by atoms with Crippen molar-refractivity contribution in [3.8, 4) is 44.5 Å². The lowest BCUT2D eigenvalue weighted by atomic mass is 9.85. The third kappa shape index (κ3) is 4.19. The molecular weight excluding hydrogens is 633 g/mol. The van der Waals surface area contributed by atoms with Gasteiger partial charge in [0.2, 0.25) is 0 Å². The van der Waals surface area contributed by atoms with Crippen LogP contribution in [0.4, 0.5) is 0 Å². The second-order valence-electron chi connectivity index (χ2n) is 13.6. The largest absolute Gasteiger partial charge is 0.472 e. The van der Waals surface area contributed by atoms with Gasteiger partial charge in [-0.25, -0.2) is 0 Å². The van der Waals surface area contributed by atoms with Gasteiger partial charge in [0, 0.05) is 33.0 Å². The molecule has 0 bridgehead atoms. The lowest BCUT2D eigenvalue weighted by Gasteiger charge is -2.17. The Morgan fingerprint density at radius 3 is 1.33 bits per heavy atom. The van der Waals surface area contributed by atoms with Gasteiger partial charge in [-0.05, 0) is 83.5 Å². The molecule has 52 heavy (non-hydrogen) atoms. The highest BCUT2D eigenvalue weighted by molar-refractivity contribution is 6.25. The van der Waals surface area contributed by atoms with Crippen LogP contribution in [0.25, 0.3) is 110 Å². The molecule has 0 atom stereocenters. The molecule has 242 valence electrons. The summed E-state index contributed by atoms with van der Waals surface area (Å²) in [5.74, 6) is 0. The van der Waals surface area contributed by atoms with Gasteiger partial charge in [-0.1, -0.05) is 152 Å². The second-order valence-corrected chi connectivity index (χ2v) is 13.6. The van der Waals surface area contributed by atoms with Crippen molar-refractivity contribution in [1.29, 1.82) is 0 Å². The fraction of sp³-hybridized carbons (Fsp3) is 0. The number of hydrogen-bond donors (Lipinski definition) is 0. The minimum atomic E-state index is 0.879. The zero-order valence-electron chi connectivity index (χ0n) is 28.1. The first-order valence-electron chi connectivity index (χ1n) is 17.7. The molecule has 9 aromatic carbocycles. The van der Waals surface area contributed by atoms with E-state index < -0.39 is 0 Å². The average molecular weight is 663 g/mol. The molecule has 0 saturated carbocycles. The van der Waals surface area contributed by atoms with E-state index in [1.54, 1.807) is 6.26 Å². The van der Waals surface area contributed by atoms with Crippen molar-refractivity contribution in [3.05, 3.63) is 182 Å². The van der Waals surface area contributed by atoms with Crippen molar-refractivity contribution < 1.29 is 8.83 Å². The molecule has 11 aromatic rings. The van der Waals surface area contributed by atoms with E-state index in [4.69, 9.17) is 8.83 Å².